The van der Waals surface area contributed by atoms with Crippen LogP contribution in [0.2, 0.25) is 0 Å². The van der Waals surface area contributed by atoms with Crippen LogP contribution in [0.3, 0.4) is 0 Å². The van der Waals surface area contributed by atoms with Crippen LogP contribution in [0, 0.1) is 6.92 Å². The lowest BCUT2D eigenvalue weighted by Crippen LogP contribution is -2.29. The van der Waals surface area contributed by atoms with Gasteiger partial charge in [0.2, 0.25) is 0 Å². The van der Waals surface area contributed by atoms with E-state index in [-0.39, 0.29) is 11.9 Å². The van der Waals surface area contributed by atoms with E-state index in [1.807, 2.05) is 73.7 Å². The fraction of sp³-hybridized carbons (Fsp3) is 0.154. The van der Waals surface area contributed by atoms with Crippen molar-refractivity contribution >= 4 is 32.7 Å². The number of nitrogens with zero attached hydrogens (tertiary/aromatic N) is 1. The Kier molecular flexibility index (Phi) is 5.96. The number of rotatable bonds is 5. The van der Waals surface area contributed by atoms with E-state index < -0.39 is 0 Å². The second kappa shape index (κ2) is 8.80. The first-order valence-electron chi connectivity index (χ1n) is 10.1. The van der Waals surface area contributed by atoms with Crippen molar-refractivity contribution in [2.75, 3.05) is 0 Å². The largest absolute Gasteiger partial charge is 0.345 e. The molecule has 3 nitrogen and oxygen atoms in total. The summed E-state index contributed by atoms with van der Waals surface area (Å²) in [7, 11) is 0. The highest BCUT2D eigenvalue weighted by Crippen LogP contribution is 2.33. The molecule has 0 radical (unpaired) electrons. The van der Waals surface area contributed by atoms with Gasteiger partial charge in [-0.15, -0.1) is 0 Å². The fourth-order valence-corrected chi connectivity index (χ4v) is 4.31. The van der Waals surface area contributed by atoms with Crippen LogP contribution in [0.5, 0.6) is 0 Å². The zero-order chi connectivity index (χ0) is 21.1. The van der Waals surface area contributed by atoms with Crippen LogP contribution in [-0.4, -0.2) is 10.9 Å². The third-order valence-corrected chi connectivity index (χ3v) is 6.04. The average Bonchev–Trinajstić information content (AvgIpc) is 2.78. The van der Waals surface area contributed by atoms with E-state index in [1.54, 1.807) is 0 Å². The van der Waals surface area contributed by atoms with Crippen LogP contribution >= 0.6 is 15.9 Å². The Morgan fingerprint density at radius 1 is 0.967 bits per heavy atom. The van der Waals surface area contributed by atoms with Crippen LogP contribution < -0.4 is 5.32 Å². The number of carbonyl (C=O) groups is 1. The summed E-state index contributed by atoms with van der Waals surface area (Å²) in [6.45, 7) is 4.06. The molecule has 150 valence electrons. The highest BCUT2D eigenvalue weighted by Gasteiger charge is 2.22. The Hall–Kier alpha value is -2.98. The summed E-state index contributed by atoms with van der Waals surface area (Å²) in [5.41, 5.74) is 5.28. The van der Waals surface area contributed by atoms with Crippen LogP contribution in [0.1, 0.15) is 40.9 Å². The molecule has 3 aromatic carbocycles. The van der Waals surface area contributed by atoms with Gasteiger partial charge in [-0.1, -0.05) is 79.7 Å². The second-order valence-corrected chi connectivity index (χ2v) is 8.16. The van der Waals surface area contributed by atoms with Crippen molar-refractivity contribution in [3.05, 3.63) is 100 Å². The Morgan fingerprint density at radius 2 is 1.63 bits per heavy atom. The minimum Gasteiger partial charge on any atom is -0.345 e. The molecule has 0 bridgehead atoms. The molecule has 30 heavy (non-hydrogen) atoms. The number of pyridine rings is 1. The Bertz CT molecular complexity index is 1190. The highest BCUT2D eigenvalue weighted by atomic mass is 79.9. The monoisotopic (exact) mass is 458 g/mol. The van der Waals surface area contributed by atoms with Crippen molar-refractivity contribution in [1.82, 2.24) is 10.3 Å². The van der Waals surface area contributed by atoms with Crippen molar-refractivity contribution in [1.29, 1.82) is 0 Å². The van der Waals surface area contributed by atoms with E-state index >= 15 is 0 Å². The number of nitrogens with one attached hydrogen (secondary N) is 1. The molecular weight excluding hydrogens is 436 g/mol. The van der Waals surface area contributed by atoms with Crippen molar-refractivity contribution in [2.45, 2.75) is 26.3 Å². The highest BCUT2D eigenvalue weighted by molar-refractivity contribution is 9.10. The summed E-state index contributed by atoms with van der Waals surface area (Å²) in [6.07, 6.45) is 0.813. The Balaban J connectivity index is 1.86. The fourth-order valence-electron chi connectivity index (χ4n) is 3.85. The molecule has 1 N–H and O–H groups in total. The van der Waals surface area contributed by atoms with Gasteiger partial charge in [-0.3, -0.25) is 4.79 Å². The summed E-state index contributed by atoms with van der Waals surface area (Å²) >= 11 is 3.62. The van der Waals surface area contributed by atoms with Gasteiger partial charge in [0.15, 0.2) is 0 Å². The predicted molar refractivity (Wildman–Crippen MR) is 127 cm³/mol. The molecular formula is C26H23BrN2O. The van der Waals surface area contributed by atoms with E-state index in [4.69, 9.17) is 4.98 Å². The summed E-state index contributed by atoms with van der Waals surface area (Å²) < 4.78 is 0.876. The Labute approximate surface area is 185 Å². The lowest BCUT2D eigenvalue weighted by atomic mass is 9.96. The molecule has 0 saturated carbocycles. The molecule has 0 aliphatic heterocycles. The van der Waals surface area contributed by atoms with E-state index in [9.17, 15) is 4.79 Å². The first-order chi connectivity index (χ1) is 14.6. The van der Waals surface area contributed by atoms with E-state index in [2.05, 4.69) is 40.3 Å². The third kappa shape index (κ3) is 3.88. The van der Waals surface area contributed by atoms with Crippen LogP contribution in [0.15, 0.2) is 83.3 Å². The first-order valence-corrected chi connectivity index (χ1v) is 10.9. The van der Waals surface area contributed by atoms with Gasteiger partial charge < -0.3 is 5.32 Å². The van der Waals surface area contributed by atoms with Crippen molar-refractivity contribution < 1.29 is 4.79 Å². The second-order valence-electron chi connectivity index (χ2n) is 7.31. The standard InChI is InChI=1S/C26H23BrN2O/c1-3-22(18-11-6-4-7-12-18)28-26(30)23-17(2)24(19-13-8-5-9-14-19)29-25-20(23)15-10-16-21(25)27/h4-16,22H,3H2,1-2H3,(H,28,30). The minimum absolute atomic E-state index is 0.0476. The number of hydrogen-bond donors (Lipinski definition) is 1. The number of fused-ring (bicyclic) bond motifs is 1. The number of para-hydroxylation sites is 1. The average molecular weight is 459 g/mol. The summed E-state index contributed by atoms with van der Waals surface area (Å²) in [6, 6.07) is 25.9. The van der Waals surface area contributed by atoms with Gasteiger partial charge in [-0.2, -0.15) is 0 Å². The van der Waals surface area contributed by atoms with Crippen LogP contribution in [-0.2, 0) is 0 Å². The quantitative estimate of drug-likeness (QED) is 0.355. The van der Waals surface area contributed by atoms with Gasteiger partial charge in [0.1, 0.15) is 0 Å². The van der Waals surface area contributed by atoms with Gasteiger partial charge in [-0.05, 0) is 46.5 Å². The van der Waals surface area contributed by atoms with Crippen molar-refractivity contribution in [3.8, 4) is 11.3 Å². The molecule has 0 spiro atoms. The number of hydrogen-bond acceptors (Lipinski definition) is 2. The molecule has 0 aliphatic carbocycles. The van der Waals surface area contributed by atoms with Crippen LogP contribution in [0.4, 0.5) is 0 Å². The maximum Gasteiger partial charge on any atom is 0.252 e. The minimum atomic E-state index is -0.0779. The van der Waals surface area contributed by atoms with Crippen molar-refractivity contribution in [2.24, 2.45) is 0 Å². The zero-order valence-electron chi connectivity index (χ0n) is 17.0. The van der Waals surface area contributed by atoms with Gasteiger partial charge >= 0.3 is 0 Å². The lowest BCUT2D eigenvalue weighted by molar-refractivity contribution is 0.0936. The molecule has 0 saturated heterocycles. The molecule has 4 heteroatoms. The normalized spacial score (nSPS) is 12.0. The third-order valence-electron chi connectivity index (χ3n) is 5.40. The Morgan fingerprint density at radius 3 is 2.30 bits per heavy atom. The van der Waals surface area contributed by atoms with Gasteiger partial charge in [-0.25, -0.2) is 4.98 Å². The molecule has 4 rings (SSSR count). The number of amides is 1. The molecule has 0 aliphatic rings. The molecule has 1 aromatic heterocycles. The summed E-state index contributed by atoms with van der Waals surface area (Å²) in [5, 5.41) is 4.10. The van der Waals surface area contributed by atoms with E-state index in [0.717, 1.165) is 44.2 Å². The van der Waals surface area contributed by atoms with E-state index in [1.165, 1.54) is 0 Å². The molecule has 1 atom stereocenters. The summed E-state index contributed by atoms with van der Waals surface area (Å²) in [5.74, 6) is -0.0779. The van der Waals surface area contributed by atoms with Crippen LogP contribution in [0.25, 0.3) is 22.2 Å². The number of benzene rings is 3. The molecule has 0 fully saturated rings. The number of aromatic nitrogens is 1. The topological polar surface area (TPSA) is 42.0 Å². The maximum atomic E-state index is 13.6. The van der Waals surface area contributed by atoms with Gasteiger partial charge in [0.05, 0.1) is 22.8 Å². The smallest absolute Gasteiger partial charge is 0.252 e. The van der Waals surface area contributed by atoms with E-state index in [0.29, 0.717) is 5.56 Å². The molecule has 1 amide bonds. The lowest BCUT2D eigenvalue weighted by Gasteiger charge is -2.20. The number of carbonyl (C=O) groups excluding carboxylic acids is 1. The van der Waals surface area contributed by atoms with Crippen molar-refractivity contribution in [3.63, 3.8) is 0 Å². The van der Waals surface area contributed by atoms with Gasteiger partial charge in [0.25, 0.3) is 5.91 Å². The van der Waals surface area contributed by atoms with Gasteiger partial charge in [0, 0.05) is 15.4 Å². The summed E-state index contributed by atoms with van der Waals surface area (Å²) in [4.78, 5) is 18.5. The predicted octanol–water partition coefficient (Wildman–Crippen LogP) is 6.85. The number of halogens is 1. The molecule has 4 aromatic rings. The SMILES string of the molecule is CCC(NC(=O)c1c(C)c(-c2ccccc2)nc2c(Br)cccc12)c1ccccc1. The first kappa shape index (κ1) is 20.3. The molecule has 1 unspecified atom stereocenters. The maximum absolute atomic E-state index is 13.6. The molecule has 1 heterocycles. The zero-order valence-corrected chi connectivity index (χ0v) is 18.6.